The van der Waals surface area contributed by atoms with Crippen LogP contribution in [0.25, 0.3) is 10.9 Å². The zero-order valence-electron chi connectivity index (χ0n) is 17.6. The van der Waals surface area contributed by atoms with Crippen molar-refractivity contribution < 1.29 is 28.0 Å². The maximum atomic E-state index is 14.3. The lowest BCUT2D eigenvalue weighted by Crippen LogP contribution is -2.52. The number of carbonyl (C=O) groups excluding carboxylic acids is 1. The first-order valence-corrected chi connectivity index (χ1v) is 10.4. The molecular formula is C23H22F3N3O4. The minimum Gasteiger partial charge on any atom is -0.375 e. The standard InChI is InChI=1S/C23H22F3N3O4/c24-23(25,26)22(31,15-27-10-8-18(30)9-11-27)20-14-28(13-16-4-2-1-3-5-16)21-12-17(29(32)33)6-7-19(20)21/h1-7,12,14,31H,8-11,13,15H2. The van der Waals surface area contributed by atoms with Gasteiger partial charge < -0.3 is 9.67 Å². The van der Waals surface area contributed by atoms with Crippen molar-refractivity contribution in [3.05, 3.63) is 76.0 Å². The quantitative estimate of drug-likeness (QED) is 0.443. The zero-order chi connectivity index (χ0) is 23.8. The summed E-state index contributed by atoms with van der Waals surface area (Å²) in [5.74, 6) is -0.0198. The summed E-state index contributed by atoms with van der Waals surface area (Å²) < 4.78 is 44.5. The van der Waals surface area contributed by atoms with Crippen LogP contribution in [-0.4, -0.2) is 51.1 Å². The summed E-state index contributed by atoms with van der Waals surface area (Å²) in [5, 5.41) is 22.5. The first-order chi connectivity index (χ1) is 15.6. The lowest BCUT2D eigenvalue weighted by molar-refractivity contribution is -0.384. The van der Waals surface area contributed by atoms with E-state index in [2.05, 4.69) is 0 Å². The summed E-state index contributed by atoms with van der Waals surface area (Å²) in [5.41, 5.74) is -2.83. The third kappa shape index (κ3) is 4.49. The number of aliphatic hydroxyl groups is 1. The van der Waals surface area contributed by atoms with E-state index in [0.717, 1.165) is 11.6 Å². The van der Waals surface area contributed by atoms with Gasteiger partial charge in [-0.2, -0.15) is 13.2 Å². The van der Waals surface area contributed by atoms with E-state index in [1.54, 1.807) is 30.3 Å². The number of hydrogen-bond donors (Lipinski definition) is 1. The summed E-state index contributed by atoms with van der Waals surface area (Å²) in [6.45, 7) is -0.299. The Morgan fingerprint density at radius 2 is 1.73 bits per heavy atom. The fraction of sp³-hybridized carbons (Fsp3) is 0.348. The number of piperidine rings is 1. The predicted molar refractivity (Wildman–Crippen MR) is 115 cm³/mol. The van der Waals surface area contributed by atoms with Crippen molar-refractivity contribution in [3.8, 4) is 0 Å². The lowest BCUT2D eigenvalue weighted by atomic mass is 9.91. The van der Waals surface area contributed by atoms with Crippen LogP contribution in [0.3, 0.4) is 0 Å². The topological polar surface area (TPSA) is 88.6 Å². The van der Waals surface area contributed by atoms with Crippen LogP contribution < -0.4 is 0 Å². The maximum Gasteiger partial charge on any atom is 0.422 e. The Kier molecular flexibility index (Phi) is 5.98. The van der Waals surface area contributed by atoms with Crippen molar-refractivity contribution in [1.82, 2.24) is 9.47 Å². The number of fused-ring (bicyclic) bond motifs is 1. The number of carbonyl (C=O) groups is 1. The minimum atomic E-state index is -5.01. The highest BCUT2D eigenvalue weighted by molar-refractivity contribution is 5.87. The molecule has 1 N–H and O–H groups in total. The number of nitro groups is 1. The number of non-ortho nitro benzene ring substituents is 1. The SMILES string of the molecule is O=C1CCN(CC(O)(c2cn(Cc3ccccc3)c3cc([N+](=O)[O-])ccc23)C(F)(F)F)CC1. The molecule has 1 fully saturated rings. The van der Waals surface area contributed by atoms with Gasteiger partial charge in [0.25, 0.3) is 5.69 Å². The second-order valence-corrected chi connectivity index (χ2v) is 8.29. The molecule has 1 unspecified atom stereocenters. The Bertz CT molecular complexity index is 1180. The maximum absolute atomic E-state index is 14.3. The van der Waals surface area contributed by atoms with Crippen molar-refractivity contribution in [2.45, 2.75) is 31.2 Å². The van der Waals surface area contributed by atoms with E-state index in [-0.39, 0.29) is 60.4 Å². The number of nitrogens with zero attached hydrogens (tertiary/aromatic N) is 3. The molecular weight excluding hydrogens is 439 g/mol. The summed E-state index contributed by atoms with van der Waals surface area (Å²) in [4.78, 5) is 23.6. The van der Waals surface area contributed by atoms with Crippen molar-refractivity contribution in [3.63, 3.8) is 0 Å². The average Bonchev–Trinajstić information content (AvgIpc) is 3.13. The number of ketones is 1. The molecule has 4 rings (SSSR count). The number of likely N-dealkylation sites (tertiary alicyclic amines) is 1. The third-order valence-electron chi connectivity index (χ3n) is 6.05. The molecule has 33 heavy (non-hydrogen) atoms. The van der Waals surface area contributed by atoms with Gasteiger partial charge in [-0.1, -0.05) is 30.3 Å². The number of rotatable bonds is 6. The van der Waals surface area contributed by atoms with E-state index < -0.39 is 23.2 Å². The summed E-state index contributed by atoms with van der Waals surface area (Å²) in [6, 6.07) is 12.6. The Hall–Kier alpha value is -3.24. The van der Waals surface area contributed by atoms with Gasteiger partial charge in [-0.3, -0.25) is 19.8 Å². The Balaban J connectivity index is 1.84. The van der Waals surface area contributed by atoms with Gasteiger partial charge in [0, 0.05) is 68.3 Å². The monoisotopic (exact) mass is 461 g/mol. The van der Waals surface area contributed by atoms with Crippen LogP contribution in [0.2, 0.25) is 0 Å². The van der Waals surface area contributed by atoms with Crippen molar-refractivity contribution in [2.24, 2.45) is 0 Å². The third-order valence-corrected chi connectivity index (χ3v) is 6.05. The molecule has 7 nitrogen and oxygen atoms in total. The molecule has 1 atom stereocenters. The van der Waals surface area contributed by atoms with Crippen LogP contribution >= 0.6 is 0 Å². The fourth-order valence-corrected chi connectivity index (χ4v) is 4.25. The number of β-amino-alcohol motifs (C(OH)–C–C–N with tert-alkyl or cyclic N) is 1. The van der Waals surface area contributed by atoms with Crippen molar-refractivity contribution >= 4 is 22.4 Å². The molecule has 0 spiro atoms. The van der Waals surface area contributed by atoms with Crippen LogP contribution in [0, 0.1) is 10.1 Å². The van der Waals surface area contributed by atoms with Gasteiger partial charge in [-0.25, -0.2) is 0 Å². The van der Waals surface area contributed by atoms with Gasteiger partial charge in [0.15, 0.2) is 0 Å². The average molecular weight is 461 g/mol. The van der Waals surface area contributed by atoms with Crippen molar-refractivity contribution in [2.75, 3.05) is 19.6 Å². The number of benzene rings is 2. The summed E-state index contributed by atoms with van der Waals surface area (Å²) in [7, 11) is 0. The molecule has 0 radical (unpaired) electrons. The van der Waals surface area contributed by atoms with E-state index in [0.29, 0.717) is 0 Å². The van der Waals surface area contributed by atoms with Gasteiger partial charge in [0.05, 0.1) is 10.4 Å². The molecule has 1 aliphatic rings. The van der Waals surface area contributed by atoms with E-state index in [1.807, 2.05) is 0 Å². The highest BCUT2D eigenvalue weighted by Crippen LogP contribution is 2.44. The number of aromatic nitrogens is 1. The molecule has 2 aromatic carbocycles. The highest BCUT2D eigenvalue weighted by atomic mass is 19.4. The van der Waals surface area contributed by atoms with Gasteiger partial charge >= 0.3 is 6.18 Å². The normalized spacial score (nSPS) is 17.3. The molecule has 0 bridgehead atoms. The number of halogens is 3. The van der Waals surface area contributed by atoms with E-state index in [1.165, 1.54) is 27.8 Å². The van der Waals surface area contributed by atoms with E-state index in [9.17, 15) is 33.2 Å². The number of nitro benzene ring substituents is 1. The second kappa shape index (κ2) is 8.60. The molecule has 0 amide bonds. The molecule has 1 saturated heterocycles. The number of Topliss-reactive ketones (excluding diaryl/α,β-unsaturated/α-hetero) is 1. The zero-order valence-corrected chi connectivity index (χ0v) is 17.6. The molecule has 1 aliphatic heterocycles. The Labute approximate surface area is 187 Å². The van der Waals surface area contributed by atoms with Crippen LogP contribution in [0.15, 0.2) is 54.7 Å². The van der Waals surface area contributed by atoms with Gasteiger partial charge in [-0.15, -0.1) is 0 Å². The number of alkyl halides is 3. The fourth-order valence-electron chi connectivity index (χ4n) is 4.25. The van der Waals surface area contributed by atoms with Gasteiger partial charge in [0.2, 0.25) is 5.60 Å². The number of hydrogen-bond acceptors (Lipinski definition) is 5. The lowest BCUT2D eigenvalue weighted by Gasteiger charge is -2.37. The summed E-state index contributed by atoms with van der Waals surface area (Å²) >= 11 is 0. The van der Waals surface area contributed by atoms with Crippen LogP contribution in [0.1, 0.15) is 24.0 Å². The van der Waals surface area contributed by atoms with Gasteiger partial charge in [-0.05, 0) is 11.6 Å². The minimum absolute atomic E-state index is 0.0198. The van der Waals surface area contributed by atoms with E-state index >= 15 is 0 Å². The Morgan fingerprint density at radius 3 is 2.33 bits per heavy atom. The molecule has 2 heterocycles. The predicted octanol–water partition coefficient (Wildman–Crippen LogP) is 4.01. The first kappa shape index (κ1) is 22.9. The molecule has 3 aromatic rings. The molecule has 174 valence electrons. The van der Waals surface area contributed by atoms with Crippen LogP contribution in [0.4, 0.5) is 18.9 Å². The van der Waals surface area contributed by atoms with Crippen molar-refractivity contribution in [1.29, 1.82) is 0 Å². The second-order valence-electron chi connectivity index (χ2n) is 8.29. The van der Waals surface area contributed by atoms with E-state index in [4.69, 9.17) is 0 Å². The Morgan fingerprint density at radius 1 is 1.06 bits per heavy atom. The van der Waals surface area contributed by atoms with Gasteiger partial charge in [0.1, 0.15) is 5.78 Å². The molecule has 1 aromatic heterocycles. The van der Waals surface area contributed by atoms with Crippen LogP contribution in [-0.2, 0) is 16.9 Å². The summed E-state index contributed by atoms with van der Waals surface area (Å²) in [6.07, 6.45) is -3.52. The highest BCUT2D eigenvalue weighted by Gasteiger charge is 2.57. The van der Waals surface area contributed by atoms with Crippen LogP contribution in [0.5, 0.6) is 0 Å². The molecule has 0 aliphatic carbocycles. The first-order valence-electron chi connectivity index (χ1n) is 10.4. The smallest absolute Gasteiger partial charge is 0.375 e. The molecule has 0 saturated carbocycles. The largest absolute Gasteiger partial charge is 0.422 e. The molecule has 10 heteroatoms.